The third kappa shape index (κ3) is 6.42. The zero-order valence-corrected chi connectivity index (χ0v) is 14.0. The Hall–Kier alpha value is -1.03. The second-order valence-electron chi connectivity index (χ2n) is 4.70. The van der Waals surface area contributed by atoms with Crippen LogP contribution in [0.25, 0.3) is 0 Å². The van der Waals surface area contributed by atoms with Crippen LogP contribution in [0.2, 0.25) is 0 Å². The minimum Gasteiger partial charge on any atom is -0.466 e. The molecule has 0 amide bonds. The fraction of sp³-hybridized carbons (Fsp3) is 0.562. The van der Waals surface area contributed by atoms with Gasteiger partial charge in [-0.25, -0.2) is 0 Å². The lowest BCUT2D eigenvalue weighted by atomic mass is 10.1. The summed E-state index contributed by atoms with van der Waals surface area (Å²) >= 11 is 3.49. The largest absolute Gasteiger partial charge is 0.466 e. The number of esters is 1. The Labute approximate surface area is 130 Å². The third-order valence-electron chi connectivity index (χ3n) is 3.13. The Morgan fingerprint density at radius 2 is 2.05 bits per heavy atom. The van der Waals surface area contributed by atoms with Crippen LogP contribution in [0, 0.1) is 0 Å². The van der Waals surface area contributed by atoms with Gasteiger partial charge in [0.1, 0.15) is 0 Å². The molecule has 4 heteroatoms. The molecular weight excluding hydrogens is 318 g/mol. The van der Waals surface area contributed by atoms with Gasteiger partial charge in [0.05, 0.1) is 6.61 Å². The number of unbranched alkanes of at least 4 members (excludes halogenated alkanes) is 2. The van der Waals surface area contributed by atoms with Crippen molar-refractivity contribution in [1.29, 1.82) is 0 Å². The minimum absolute atomic E-state index is 0.0818. The van der Waals surface area contributed by atoms with Gasteiger partial charge in [-0.1, -0.05) is 29.3 Å². The minimum atomic E-state index is -0.0818. The fourth-order valence-electron chi connectivity index (χ4n) is 2.05. The van der Waals surface area contributed by atoms with Crippen molar-refractivity contribution in [3.8, 4) is 0 Å². The van der Waals surface area contributed by atoms with Crippen molar-refractivity contribution < 1.29 is 9.53 Å². The Balaban J connectivity index is 2.20. The van der Waals surface area contributed by atoms with Gasteiger partial charge in [-0.15, -0.1) is 0 Å². The van der Waals surface area contributed by atoms with Crippen molar-refractivity contribution in [2.45, 2.75) is 46.0 Å². The predicted octanol–water partition coefficient (Wildman–Crippen LogP) is 4.55. The van der Waals surface area contributed by atoms with E-state index in [0.717, 1.165) is 36.7 Å². The van der Waals surface area contributed by atoms with Crippen molar-refractivity contribution >= 4 is 27.6 Å². The lowest BCUT2D eigenvalue weighted by Gasteiger charge is -2.11. The Bertz CT molecular complexity index is 421. The molecular formula is C16H24BrNO2. The zero-order valence-electron chi connectivity index (χ0n) is 12.4. The lowest BCUT2D eigenvalue weighted by molar-refractivity contribution is -0.143. The molecule has 0 saturated carbocycles. The third-order valence-corrected chi connectivity index (χ3v) is 3.62. The summed E-state index contributed by atoms with van der Waals surface area (Å²) in [7, 11) is 0. The number of rotatable bonds is 9. The molecule has 0 aliphatic heterocycles. The van der Waals surface area contributed by atoms with Gasteiger partial charge in [0, 0.05) is 23.1 Å². The van der Waals surface area contributed by atoms with E-state index in [1.807, 2.05) is 6.92 Å². The number of carbonyl (C=O) groups is 1. The van der Waals surface area contributed by atoms with Crippen LogP contribution in [0.4, 0.5) is 5.69 Å². The molecule has 1 rings (SSSR count). The van der Waals surface area contributed by atoms with E-state index >= 15 is 0 Å². The summed E-state index contributed by atoms with van der Waals surface area (Å²) in [5, 5.41) is 3.47. The van der Waals surface area contributed by atoms with E-state index in [1.165, 1.54) is 11.3 Å². The molecule has 3 nitrogen and oxygen atoms in total. The Morgan fingerprint density at radius 1 is 1.25 bits per heavy atom. The highest BCUT2D eigenvalue weighted by molar-refractivity contribution is 9.10. The van der Waals surface area contributed by atoms with E-state index in [2.05, 4.69) is 46.4 Å². The second-order valence-corrected chi connectivity index (χ2v) is 5.61. The van der Waals surface area contributed by atoms with Gasteiger partial charge in [0.25, 0.3) is 0 Å². The molecule has 1 N–H and O–H groups in total. The van der Waals surface area contributed by atoms with Crippen LogP contribution in [0.3, 0.4) is 0 Å². The smallest absolute Gasteiger partial charge is 0.305 e. The van der Waals surface area contributed by atoms with Gasteiger partial charge in [-0.05, 0) is 49.9 Å². The predicted molar refractivity (Wildman–Crippen MR) is 87.1 cm³/mol. The van der Waals surface area contributed by atoms with Crippen molar-refractivity contribution in [1.82, 2.24) is 0 Å². The van der Waals surface area contributed by atoms with Crippen LogP contribution >= 0.6 is 15.9 Å². The van der Waals surface area contributed by atoms with Crippen molar-refractivity contribution in [3.63, 3.8) is 0 Å². The summed E-state index contributed by atoms with van der Waals surface area (Å²) in [4.78, 5) is 11.2. The summed E-state index contributed by atoms with van der Waals surface area (Å²) in [6, 6.07) is 6.33. The van der Waals surface area contributed by atoms with E-state index in [4.69, 9.17) is 4.74 Å². The Morgan fingerprint density at radius 3 is 2.75 bits per heavy atom. The van der Waals surface area contributed by atoms with Gasteiger partial charge >= 0.3 is 5.97 Å². The molecule has 1 aromatic rings. The summed E-state index contributed by atoms with van der Waals surface area (Å²) in [5.74, 6) is -0.0818. The average Bonchev–Trinajstić information content (AvgIpc) is 2.44. The molecule has 0 radical (unpaired) electrons. The van der Waals surface area contributed by atoms with E-state index < -0.39 is 0 Å². The Kier molecular flexibility index (Phi) is 8.35. The van der Waals surface area contributed by atoms with Crippen LogP contribution in [-0.2, 0) is 16.0 Å². The summed E-state index contributed by atoms with van der Waals surface area (Å²) in [6.45, 7) is 5.42. The molecule has 0 heterocycles. The molecule has 0 saturated heterocycles. The van der Waals surface area contributed by atoms with Crippen molar-refractivity contribution in [2.24, 2.45) is 0 Å². The first-order chi connectivity index (χ1) is 9.67. The number of nitrogens with one attached hydrogen (secondary N) is 1. The zero-order chi connectivity index (χ0) is 14.8. The molecule has 0 unspecified atom stereocenters. The first-order valence-electron chi connectivity index (χ1n) is 7.35. The molecule has 20 heavy (non-hydrogen) atoms. The van der Waals surface area contributed by atoms with Crippen molar-refractivity contribution in [2.75, 3.05) is 18.5 Å². The van der Waals surface area contributed by atoms with Crippen molar-refractivity contribution in [3.05, 3.63) is 28.2 Å². The van der Waals surface area contributed by atoms with Crippen LogP contribution in [0.1, 0.15) is 45.1 Å². The molecule has 0 aliphatic carbocycles. The van der Waals surface area contributed by atoms with Crippen LogP contribution < -0.4 is 5.32 Å². The number of benzene rings is 1. The van der Waals surface area contributed by atoms with Crippen LogP contribution in [-0.4, -0.2) is 19.1 Å². The standard InChI is InChI=1S/C16H24BrNO2/c1-3-13-12-14(17)9-10-15(13)18-11-7-5-6-8-16(19)20-4-2/h9-10,12,18H,3-8,11H2,1-2H3. The maximum absolute atomic E-state index is 11.2. The van der Waals surface area contributed by atoms with Gasteiger partial charge in [0.15, 0.2) is 0 Å². The van der Waals surface area contributed by atoms with Crippen LogP contribution in [0.15, 0.2) is 22.7 Å². The normalized spacial score (nSPS) is 10.3. The first-order valence-corrected chi connectivity index (χ1v) is 8.14. The molecule has 0 fully saturated rings. The quantitative estimate of drug-likeness (QED) is 0.529. The monoisotopic (exact) mass is 341 g/mol. The average molecular weight is 342 g/mol. The highest BCUT2D eigenvalue weighted by Crippen LogP contribution is 2.21. The first kappa shape index (κ1) is 17.0. The number of ether oxygens (including phenoxy) is 1. The summed E-state index contributed by atoms with van der Waals surface area (Å²) < 4.78 is 6.02. The number of hydrogen-bond acceptors (Lipinski definition) is 3. The van der Waals surface area contributed by atoms with Crippen LogP contribution in [0.5, 0.6) is 0 Å². The lowest BCUT2D eigenvalue weighted by Crippen LogP contribution is -2.06. The molecule has 0 atom stereocenters. The number of halogens is 1. The summed E-state index contributed by atoms with van der Waals surface area (Å²) in [6.07, 6.45) is 4.57. The molecule has 1 aromatic carbocycles. The number of carbonyl (C=O) groups excluding carboxylic acids is 1. The highest BCUT2D eigenvalue weighted by Gasteiger charge is 2.02. The van der Waals surface area contributed by atoms with E-state index in [-0.39, 0.29) is 5.97 Å². The SMILES string of the molecule is CCOC(=O)CCCCCNc1ccc(Br)cc1CC. The second kappa shape index (κ2) is 9.81. The molecule has 0 aromatic heterocycles. The van der Waals surface area contributed by atoms with Gasteiger partial charge in [-0.2, -0.15) is 0 Å². The van der Waals surface area contributed by atoms with E-state index in [1.54, 1.807) is 0 Å². The van der Waals surface area contributed by atoms with Gasteiger partial charge in [0.2, 0.25) is 0 Å². The molecule has 0 bridgehead atoms. The van der Waals surface area contributed by atoms with E-state index in [0.29, 0.717) is 13.0 Å². The maximum Gasteiger partial charge on any atom is 0.305 e. The maximum atomic E-state index is 11.2. The molecule has 0 aliphatic rings. The number of hydrogen-bond donors (Lipinski definition) is 1. The van der Waals surface area contributed by atoms with E-state index in [9.17, 15) is 4.79 Å². The van der Waals surface area contributed by atoms with Gasteiger partial charge in [-0.3, -0.25) is 4.79 Å². The number of anilines is 1. The molecule has 112 valence electrons. The molecule has 0 spiro atoms. The fourth-order valence-corrected chi connectivity index (χ4v) is 2.46. The highest BCUT2D eigenvalue weighted by atomic mass is 79.9. The topological polar surface area (TPSA) is 38.3 Å². The van der Waals surface area contributed by atoms with Gasteiger partial charge < -0.3 is 10.1 Å². The summed E-state index contributed by atoms with van der Waals surface area (Å²) in [5.41, 5.74) is 2.53. The number of aryl methyl sites for hydroxylation is 1.